The minimum absolute atomic E-state index is 0. The van der Waals surface area contributed by atoms with Crippen molar-refractivity contribution in [3.63, 3.8) is 0 Å². The molecule has 0 amide bonds. The van der Waals surface area contributed by atoms with Crippen molar-refractivity contribution in [3.05, 3.63) is 59.9 Å². The molecule has 0 bridgehead atoms. The number of hydrogen-bond donors (Lipinski definition) is 0. The lowest BCUT2D eigenvalue weighted by Gasteiger charge is -2.19. The van der Waals surface area contributed by atoms with Gasteiger partial charge in [0.05, 0.1) is 24.5 Å². The van der Waals surface area contributed by atoms with Crippen LogP contribution in [-0.2, 0) is 6.54 Å². The van der Waals surface area contributed by atoms with Crippen molar-refractivity contribution < 1.29 is 4.39 Å². The Balaban J connectivity index is 0.00000132. The van der Waals surface area contributed by atoms with Crippen LogP contribution in [0, 0.1) is 5.82 Å². The Morgan fingerprint density at radius 2 is 1.86 bits per heavy atom. The third kappa shape index (κ3) is 2.25. The molecule has 0 aliphatic carbocycles. The maximum atomic E-state index is 13.3. The van der Waals surface area contributed by atoms with Gasteiger partial charge in [-0.2, -0.15) is 0 Å². The first kappa shape index (κ1) is 13.9. The third-order valence-corrected chi connectivity index (χ3v) is 3.75. The van der Waals surface area contributed by atoms with E-state index in [-0.39, 0.29) is 18.2 Å². The fourth-order valence-corrected chi connectivity index (χ4v) is 2.90. The van der Waals surface area contributed by atoms with Gasteiger partial charge in [0, 0.05) is 6.54 Å². The molecule has 0 N–H and O–H groups in total. The highest BCUT2D eigenvalue weighted by atomic mass is 35.5. The van der Waals surface area contributed by atoms with E-state index in [1.165, 1.54) is 11.8 Å². The number of guanidine groups is 1. The van der Waals surface area contributed by atoms with Gasteiger partial charge in [0.2, 0.25) is 5.96 Å². The minimum Gasteiger partial charge on any atom is -0.308 e. The highest BCUT2D eigenvalue weighted by Gasteiger charge is 2.34. The van der Waals surface area contributed by atoms with Crippen LogP contribution in [0.15, 0.2) is 53.5 Å². The van der Waals surface area contributed by atoms with Crippen LogP contribution in [0.5, 0.6) is 0 Å². The molecule has 0 atom stereocenters. The van der Waals surface area contributed by atoms with Gasteiger partial charge in [-0.15, -0.1) is 12.4 Å². The number of benzene rings is 2. The Labute approximate surface area is 129 Å². The van der Waals surface area contributed by atoms with Gasteiger partial charge < -0.3 is 9.80 Å². The zero-order chi connectivity index (χ0) is 13.5. The number of halogens is 2. The van der Waals surface area contributed by atoms with Crippen LogP contribution in [0.1, 0.15) is 5.56 Å². The van der Waals surface area contributed by atoms with E-state index in [0.717, 1.165) is 30.3 Å². The monoisotopic (exact) mass is 303 g/mol. The molecule has 21 heavy (non-hydrogen) atoms. The Bertz CT molecular complexity index is 701. The minimum atomic E-state index is -0.194. The van der Waals surface area contributed by atoms with Crippen LogP contribution in [0.25, 0.3) is 0 Å². The molecule has 0 aromatic heterocycles. The van der Waals surface area contributed by atoms with Crippen molar-refractivity contribution in [2.45, 2.75) is 6.54 Å². The molecule has 2 aliphatic rings. The zero-order valence-corrected chi connectivity index (χ0v) is 12.2. The van der Waals surface area contributed by atoms with Crippen LogP contribution in [0.2, 0.25) is 0 Å². The third-order valence-electron chi connectivity index (χ3n) is 3.75. The molecular formula is C16H15ClFN3. The summed E-state index contributed by atoms with van der Waals surface area (Å²) in [6, 6.07) is 15.0. The van der Waals surface area contributed by atoms with Crippen LogP contribution in [0.4, 0.5) is 15.8 Å². The van der Waals surface area contributed by atoms with E-state index in [4.69, 9.17) is 0 Å². The molecule has 2 aliphatic heterocycles. The second-order valence-corrected chi connectivity index (χ2v) is 5.04. The molecule has 4 rings (SSSR count). The van der Waals surface area contributed by atoms with Gasteiger partial charge in [-0.1, -0.05) is 24.3 Å². The van der Waals surface area contributed by atoms with Gasteiger partial charge in [-0.3, -0.25) is 4.99 Å². The van der Waals surface area contributed by atoms with E-state index in [9.17, 15) is 4.39 Å². The van der Waals surface area contributed by atoms with E-state index < -0.39 is 0 Å². The van der Waals surface area contributed by atoms with Crippen molar-refractivity contribution in [1.82, 2.24) is 0 Å². The van der Waals surface area contributed by atoms with Crippen LogP contribution in [-0.4, -0.2) is 19.0 Å². The quantitative estimate of drug-likeness (QED) is 0.846. The lowest BCUT2D eigenvalue weighted by atomic mass is 10.2. The fraction of sp³-hybridized carbons (Fsp3) is 0.188. The number of nitrogens with zero attached hydrogens (tertiary/aromatic N) is 3. The fourth-order valence-electron chi connectivity index (χ4n) is 2.90. The van der Waals surface area contributed by atoms with Crippen LogP contribution in [0.3, 0.4) is 0 Å². The van der Waals surface area contributed by atoms with Crippen molar-refractivity contribution in [1.29, 1.82) is 0 Å². The normalized spacial score (nSPS) is 15.4. The van der Waals surface area contributed by atoms with Gasteiger partial charge in [-0.25, -0.2) is 4.39 Å². The van der Waals surface area contributed by atoms with Gasteiger partial charge in [0.25, 0.3) is 0 Å². The van der Waals surface area contributed by atoms with Gasteiger partial charge in [0.15, 0.2) is 0 Å². The summed E-state index contributed by atoms with van der Waals surface area (Å²) in [4.78, 5) is 8.98. The van der Waals surface area contributed by atoms with Crippen molar-refractivity contribution >= 4 is 29.7 Å². The largest absolute Gasteiger partial charge is 0.308 e. The predicted octanol–water partition coefficient (Wildman–Crippen LogP) is 3.44. The standard InChI is InChI=1S/C16H14FN3.ClH/c17-13-5-3-4-12(10-13)11-20-15-7-2-1-6-14(15)19-9-8-18-16(19)20;/h1-7,10H,8-9,11H2;1H. The van der Waals surface area contributed by atoms with Crippen LogP contribution < -0.4 is 9.80 Å². The van der Waals surface area contributed by atoms with Crippen molar-refractivity contribution in [2.24, 2.45) is 4.99 Å². The first-order valence-corrected chi connectivity index (χ1v) is 6.76. The molecule has 0 radical (unpaired) electrons. The highest BCUT2D eigenvalue weighted by molar-refractivity contribution is 6.16. The number of anilines is 2. The molecule has 2 aromatic carbocycles. The molecule has 0 saturated heterocycles. The maximum Gasteiger partial charge on any atom is 0.206 e. The van der Waals surface area contributed by atoms with Crippen molar-refractivity contribution in [2.75, 3.05) is 22.9 Å². The van der Waals surface area contributed by atoms with Crippen LogP contribution >= 0.6 is 12.4 Å². The molecule has 2 aromatic rings. The molecule has 108 valence electrons. The number of hydrogen-bond acceptors (Lipinski definition) is 3. The number of para-hydroxylation sites is 2. The molecule has 3 nitrogen and oxygen atoms in total. The summed E-state index contributed by atoms with van der Waals surface area (Å²) in [5.41, 5.74) is 3.30. The Kier molecular flexibility index (Phi) is 3.55. The van der Waals surface area contributed by atoms with Gasteiger partial charge >= 0.3 is 0 Å². The molecule has 5 heteroatoms. The average molecular weight is 304 g/mol. The summed E-state index contributed by atoms with van der Waals surface area (Å²) in [6.45, 7) is 2.39. The Hall–Kier alpha value is -2.07. The number of fused-ring (bicyclic) bond motifs is 3. The summed E-state index contributed by atoms with van der Waals surface area (Å²) in [7, 11) is 0. The summed E-state index contributed by atoms with van der Waals surface area (Å²) in [6.07, 6.45) is 0. The molecule has 0 fully saturated rings. The molecule has 0 saturated carbocycles. The van der Waals surface area contributed by atoms with E-state index in [2.05, 4.69) is 26.9 Å². The SMILES string of the molecule is Cl.Fc1cccc(CN2C3=NCCN3c3ccccc32)c1. The van der Waals surface area contributed by atoms with E-state index in [1.54, 1.807) is 12.1 Å². The van der Waals surface area contributed by atoms with Crippen molar-refractivity contribution in [3.8, 4) is 0 Å². The average Bonchev–Trinajstić information content (AvgIpc) is 3.03. The second kappa shape index (κ2) is 5.37. The molecule has 0 unspecified atom stereocenters. The lowest BCUT2D eigenvalue weighted by Crippen LogP contribution is -2.34. The van der Waals surface area contributed by atoms with E-state index in [0.29, 0.717) is 6.54 Å². The highest BCUT2D eigenvalue weighted by Crippen LogP contribution is 2.39. The summed E-state index contributed by atoms with van der Waals surface area (Å²) in [5.74, 6) is 0.788. The Morgan fingerprint density at radius 1 is 1.05 bits per heavy atom. The van der Waals surface area contributed by atoms with Gasteiger partial charge in [-0.05, 0) is 29.8 Å². The van der Waals surface area contributed by atoms with E-state index in [1.807, 2.05) is 18.2 Å². The van der Waals surface area contributed by atoms with E-state index >= 15 is 0 Å². The second-order valence-electron chi connectivity index (χ2n) is 5.04. The molecule has 2 heterocycles. The summed E-state index contributed by atoms with van der Waals surface area (Å²) >= 11 is 0. The smallest absolute Gasteiger partial charge is 0.206 e. The lowest BCUT2D eigenvalue weighted by molar-refractivity contribution is 0.625. The summed E-state index contributed by atoms with van der Waals surface area (Å²) in [5, 5.41) is 0. The predicted molar refractivity (Wildman–Crippen MR) is 85.9 cm³/mol. The molecular weight excluding hydrogens is 289 g/mol. The number of rotatable bonds is 2. The first-order valence-electron chi connectivity index (χ1n) is 6.76. The molecule has 0 spiro atoms. The number of aliphatic imine (C=N–C) groups is 1. The maximum absolute atomic E-state index is 13.3. The Morgan fingerprint density at radius 3 is 2.67 bits per heavy atom. The van der Waals surface area contributed by atoms with Gasteiger partial charge in [0.1, 0.15) is 5.82 Å². The first-order chi connectivity index (χ1) is 9.83. The topological polar surface area (TPSA) is 18.8 Å². The zero-order valence-electron chi connectivity index (χ0n) is 11.4. The summed E-state index contributed by atoms with van der Waals surface area (Å²) < 4.78 is 13.3.